The van der Waals surface area contributed by atoms with E-state index in [1.807, 2.05) is 36.1 Å². The molecule has 1 atom stereocenters. The number of piperazine rings is 1. The predicted molar refractivity (Wildman–Crippen MR) is 101 cm³/mol. The minimum absolute atomic E-state index is 0.0191. The van der Waals surface area contributed by atoms with Crippen molar-refractivity contribution in [3.05, 3.63) is 47.0 Å². The Labute approximate surface area is 159 Å². The lowest BCUT2D eigenvalue weighted by molar-refractivity contribution is 0.0387. The zero-order valence-corrected chi connectivity index (χ0v) is 15.8. The first-order chi connectivity index (χ1) is 13.1. The third kappa shape index (κ3) is 4.20. The molecule has 2 fully saturated rings. The third-order valence-electron chi connectivity index (χ3n) is 5.50. The van der Waals surface area contributed by atoms with E-state index >= 15 is 0 Å². The molecule has 1 aliphatic carbocycles. The predicted octanol–water partition coefficient (Wildman–Crippen LogP) is 1.70. The summed E-state index contributed by atoms with van der Waals surface area (Å²) in [6.45, 7) is 4.88. The molecule has 1 amide bonds. The highest BCUT2D eigenvalue weighted by atomic mass is 16.3. The van der Waals surface area contributed by atoms with Crippen LogP contribution in [-0.2, 0) is 6.54 Å². The molecule has 144 valence electrons. The molecule has 0 radical (unpaired) electrons. The number of H-pyrrole nitrogens is 1. The van der Waals surface area contributed by atoms with Crippen LogP contribution in [-0.4, -0.2) is 68.3 Å². The van der Waals surface area contributed by atoms with E-state index < -0.39 is 0 Å². The lowest BCUT2D eigenvalue weighted by Gasteiger charge is -2.41. The molecule has 4 rings (SSSR count). The zero-order valence-electron chi connectivity index (χ0n) is 15.8. The molecule has 1 saturated heterocycles. The van der Waals surface area contributed by atoms with Crippen LogP contribution in [0.3, 0.4) is 0 Å². The lowest BCUT2D eigenvalue weighted by Crippen LogP contribution is -2.54. The van der Waals surface area contributed by atoms with Gasteiger partial charge in [-0.25, -0.2) is 0 Å². The summed E-state index contributed by atoms with van der Waals surface area (Å²) in [5.74, 6) is 0.536. The van der Waals surface area contributed by atoms with Crippen LogP contribution >= 0.6 is 0 Å². The highest BCUT2D eigenvalue weighted by Crippen LogP contribution is 2.39. The van der Waals surface area contributed by atoms with Gasteiger partial charge >= 0.3 is 0 Å². The summed E-state index contributed by atoms with van der Waals surface area (Å²) in [5.41, 5.74) is 3.62. The van der Waals surface area contributed by atoms with E-state index in [2.05, 4.69) is 20.1 Å². The molecule has 7 heteroatoms. The van der Waals surface area contributed by atoms with E-state index in [0.29, 0.717) is 31.1 Å². The van der Waals surface area contributed by atoms with Crippen LogP contribution < -0.4 is 0 Å². The molecule has 1 saturated carbocycles. The molecule has 7 nitrogen and oxygen atoms in total. The first-order valence-corrected chi connectivity index (χ1v) is 9.76. The fourth-order valence-corrected chi connectivity index (χ4v) is 3.82. The topological polar surface area (TPSA) is 85.4 Å². The molecule has 27 heavy (non-hydrogen) atoms. The largest absolute Gasteiger partial charge is 0.396 e. The highest BCUT2D eigenvalue weighted by Gasteiger charge is 2.32. The Bertz CT molecular complexity index is 801. The number of nitrogens with zero attached hydrogens (tertiary/aromatic N) is 4. The Morgan fingerprint density at radius 2 is 2.19 bits per heavy atom. The van der Waals surface area contributed by atoms with Crippen molar-refractivity contribution >= 4 is 5.91 Å². The Morgan fingerprint density at radius 3 is 2.93 bits per heavy atom. The van der Waals surface area contributed by atoms with Gasteiger partial charge in [-0.2, -0.15) is 5.10 Å². The summed E-state index contributed by atoms with van der Waals surface area (Å²) >= 11 is 0. The van der Waals surface area contributed by atoms with Crippen molar-refractivity contribution in [2.24, 2.45) is 0 Å². The molecular weight excluding hydrogens is 342 g/mol. The quantitative estimate of drug-likeness (QED) is 0.810. The maximum atomic E-state index is 12.9. The van der Waals surface area contributed by atoms with Crippen LogP contribution in [0, 0.1) is 6.92 Å². The number of rotatable bonds is 6. The number of pyridine rings is 1. The average molecular weight is 369 g/mol. The number of aromatic amines is 1. The summed E-state index contributed by atoms with van der Waals surface area (Å²) in [4.78, 5) is 21.6. The number of aromatic nitrogens is 3. The minimum Gasteiger partial charge on any atom is -0.396 e. The van der Waals surface area contributed by atoms with E-state index in [9.17, 15) is 9.90 Å². The van der Waals surface area contributed by atoms with Gasteiger partial charge in [0.1, 0.15) is 5.69 Å². The van der Waals surface area contributed by atoms with Crippen LogP contribution in [0.5, 0.6) is 0 Å². The van der Waals surface area contributed by atoms with Crippen molar-refractivity contribution in [3.8, 4) is 0 Å². The van der Waals surface area contributed by atoms with Crippen molar-refractivity contribution in [1.29, 1.82) is 0 Å². The van der Waals surface area contributed by atoms with Gasteiger partial charge in [0.2, 0.25) is 0 Å². The Hall–Kier alpha value is -2.25. The average Bonchev–Trinajstić information content (AvgIpc) is 3.40. The van der Waals surface area contributed by atoms with Crippen molar-refractivity contribution in [2.45, 2.75) is 44.7 Å². The number of hydrogen-bond donors (Lipinski definition) is 2. The van der Waals surface area contributed by atoms with Crippen molar-refractivity contribution < 1.29 is 9.90 Å². The molecule has 2 N–H and O–H groups in total. The van der Waals surface area contributed by atoms with Crippen molar-refractivity contribution in [1.82, 2.24) is 25.0 Å². The molecule has 3 heterocycles. The number of amides is 1. The number of aliphatic hydroxyl groups is 1. The molecule has 1 unspecified atom stereocenters. The third-order valence-corrected chi connectivity index (χ3v) is 5.50. The van der Waals surface area contributed by atoms with Gasteiger partial charge in [-0.05, 0) is 44.4 Å². The lowest BCUT2D eigenvalue weighted by atomic mass is 10.1. The maximum Gasteiger partial charge on any atom is 0.274 e. The summed E-state index contributed by atoms with van der Waals surface area (Å²) in [6, 6.07) is 8.07. The molecule has 2 aromatic rings. The number of carbonyl (C=O) groups is 1. The Kier molecular flexibility index (Phi) is 5.22. The van der Waals surface area contributed by atoms with Crippen LogP contribution in [0.25, 0.3) is 0 Å². The molecule has 2 aliphatic rings. The highest BCUT2D eigenvalue weighted by molar-refractivity contribution is 5.92. The van der Waals surface area contributed by atoms with E-state index in [0.717, 1.165) is 30.2 Å². The zero-order chi connectivity index (χ0) is 18.8. The smallest absolute Gasteiger partial charge is 0.274 e. The van der Waals surface area contributed by atoms with E-state index in [1.165, 1.54) is 12.8 Å². The standard InChI is InChI=1S/C20H27N5O2/c1-14-3-2-4-16(21-14)12-24-8-9-25(13-17(24)7-10-26)20(27)19-11-18(22-23-19)15-5-6-15/h2-4,11,15,17,26H,5-10,12-13H2,1H3,(H,22,23). The van der Waals surface area contributed by atoms with Crippen molar-refractivity contribution in [2.75, 3.05) is 26.2 Å². The van der Waals surface area contributed by atoms with Crippen LogP contribution in [0.4, 0.5) is 0 Å². The molecule has 0 bridgehead atoms. The van der Waals surface area contributed by atoms with E-state index in [4.69, 9.17) is 0 Å². The summed E-state index contributed by atoms with van der Waals surface area (Å²) in [5, 5.41) is 16.7. The Morgan fingerprint density at radius 1 is 1.33 bits per heavy atom. The molecule has 0 spiro atoms. The number of hydrogen-bond acceptors (Lipinski definition) is 5. The Balaban J connectivity index is 1.42. The van der Waals surface area contributed by atoms with Gasteiger partial charge in [0.25, 0.3) is 5.91 Å². The molecule has 1 aliphatic heterocycles. The van der Waals surface area contributed by atoms with Gasteiger partial charge in [0.05, 0.1) is 5.69 Å². The fourth-order valence-electron chi connectivity index (χ4n) is 3.82. The summed E-state index contributed by atoms with van der Waals surface area (Å²) in [6.07, 6.45) is 3.00. The van der Waals surface area contributed by atoms with Gasteiger partial charge in [-0.15, -0.1) is 0 Å². The molecular formula is C20H27N5O2. The van der Waals surface area contributed by atoms with Gasteiger partial charge in [0, 0.05) is 56.1 Å². The first-order valence-electron chi connectivity index (χ1n) is 9.76. The number of carbonyl (C=O) groups excluding carboxylic acids is 1. The minimum atomic E-state index is -0.0191. The van der Waals surface area contributed by atoms with Gasteiger partial charge in [0.15, 0.2) is 0 Å². The monoisotopic (exact) mass is 369 g/mol. The SMILES string of the molecule is Cc1cccc(CN2CCN(C(=O)c3cc(C4CC4)[nH]n3)CC2CCO)n1. The fraction of sp³-hybridized carbons (Fsp3) is 0.550. The molecule has 2 aromatic heterocycles. The normalized spacial score (nSPS) is 20.8. The summed E-state index contributed by atoms with van der Waals surface area (Å²) in [7, 11) is 0. The van der Waals surface area contributed by atoms with Gasteiger partial charge in [-0.1, -0.05) is 6.07 Å². The maximum absolute atomic E-state index is 12.9. The second-order valence-electron chi connectivity index (χ2n) is 7.64. The second kappa shape index (κ2) is 7.78. The van der Waals surface area contributed by atoms with E-state index in [-0.39, 0.29) is 18.6 Å². The van der Waals surface area contributed by atoms with Crippen LogP contribution in [0.1, 0.15) is 52.8 Å². The van der Waals surface area contributed by atoms with Gasteiger partial charge in [-0.3, -0.25) is 19.8 Å². The number of aliphatic hydroxyl groups excluding tert-OH is 1. The van der Waals surface area contributed by atoms with Gasteiger partial charge < -0.3 is 10.0 Å². The second-order valence-corrected chi connectivity index (χ2v) is 7.64. The van der Waals surface area contributed by atoms with Crippen LogP contribution in [0.2, 0.25) is 0 Å². The summed E-state index contributed by atoms with van der Waals surface area (Å²) < 4.78 is 0. The number of nitrogens with one attached hydrogen (secondary N) is 1. The number of aryl methyl sites for hydroxylation is 1. The van der Waals surface area contributed by atoms with Crippen LogP contribution in [0.15, 0.2) is 24.3 Å². The first kappa shape index (κ1) is 18.1. The van der Waals surface area contributed by atoms with E-state index in [1.54, 1.807) is 0 Å². The molecule has 0 aromatic carbocycles. The van der Waals surface area contributed by atoms with Crippen molar-refractivity contribution in [3.63, 3.8) is 0 Å².